The molecular formula is C19H40O4. The normalized spacial score (nSPS) is 12.8. The van der Waals surface area contributed by atoms with Gasteiger partial charge >= 0.3 is 0 Å². The van der Waals surface area contributed by atoms with Crippen molar-refractivity contribution < 1.29 is 18.9 Å². The Labute approximate surface area is 144 Å². The maximum atomic E-state index is 5.54. The fourth-order valence-electron chi connectivity index (χ4n) is 1.84. The third-order valence-electron chi connectivity index (χ3n) is 3.33. The van der Waals surface area contributed by atoms with Crippen LogP contribution in [0.1, 0.15) is 60.8 Å². The molecule has 0 saturated carbocycles. The fraction of sp³-hybridized carbons (Fsp3) is 1.00. The van der Waals surface area contributed by atoms with Gasteiger partial charge in [-0.2, -0.15) is 0 Å². The average Bonchev–Trinajstić information content (AvgIpc) is 2.40. The first-order valence-corrected chi connectivity index (χ1v) is 9.02. The van der Waals surface area contributed by atoms with Crippen LogP contribution in [0.15, 0.2) is 0 Å². The molecule has 0 unspecified atom stereocenters. The Morgan fingerprint density at radius 2 is 0.783 bits per heavy atom. The molecule has 0 fully saturated rings. The summed E-state index contributed by atoms with van der Waals surface area (Å²) < 4.78 is 22.0. The SMILES string of the molecule is CC(C)(C)CCCOCCOCCOCCOCCC(C)(C)C. The van der Waals surface area contributed by atoms with Crippen LogP contribution >= 0.6 is 0 Å². The van der Waals surface area contributed by atoms with Crippen LogP contribution in [0.2, 0.25) is 0 Å². The van der Waals surface area contributed by atoms with E-state index in [0.717, 1.165) is 26.1 Å². The summed E-state index contributed by atoms with van der Waals surface area (Å²) in [5, 5.41) is 0. The Kier molecular flexibility index (Phi) is 13.1. The second-order valence-corrected chi connectivity index (χ2v) is 8.42. The molecule has 0 N–H and O–H groups in total. The van der Waals surface area contributed by atoms with Crippen LogP contribution in [0.3, 0.4) is 0 Å². The molecule has 0 aromatic rings. The Morgan fingerprint density at radius 3 is 1.17 bits per heavy atom. The predicted octanol–water partition coefficient (Wildman–Crippen LogP) is 4.32. The van der Waals surface area contributed by atoms with Gasteiger partial charge in [-0.1, -0.05) is 41.5 Å². The maximum absolute atomic E-state index is 5.54. The summed E-state index contributed by atoms with van der Waals surface area (Å²) in [4.78, 5) is 0. The Hall–Kier alpha value is -0.160. The lowest BCUT2D eigenvalue weighted by Gasteiger charge is -2.17. The van der Waals surface area contributed by atoms with E-state index in [1.54, 1.807) is 0 Å². The fourth-order valence-corrected chi connectivity index (χ4v) is 1.84. The number of rotatable bonds is 14. The zero-order valence-electron chi connectivity index (χ0n) is 16.4. The maximum Gasteiger partial charge on any atom is 0.0701 e. The molecule has 0 aromatic carbocycles. The van der Waals surface area contributed by atoms with Gasteiger partial charge in [-0.3, -0.25) is 0 Å². The summed E-state index contributed by atoms with van der Waals surface area (Å²) in [5.41, 5.74) is 0.733. The van der Waals surface area contributed by atoms with Crippen molar-refractivity contribution in [2.75, 3.05) is 52.9 Å². The lowest BCUT2D eigenvalue weighted by molar-refractivity contribution is -0.00475. The molecule has 4 nitrogen and oxygen atoms in total. The number of hydrogen-bond acceptors (Lipinski definition) is 4. The first kappa shape index (κ1) is 22.8. The average molecular weight is 333 g/mol. The monoisotopic (exact) mass is 332 g/mol. The summed E-state index contributed by atoms with van der Waals surface area (Å²) in [6.07, 6.45) is 3.38. The molecule has 0 aromatic heterocycles. The lowest BCUT2D eigenvalue weighted by atomic mass is 9.91. The topological polar surface area (TPSA) is 36.9 Å². The third-order valence-corrected chi connectivity index (χ3v) is 3.33. The van der Waals surface area contributed by atoms with E-state index in [9.17, 15) is 0 Å². The Balaban J connectivity index is 3.08. The predicted molar refractivity (Wildman–Crippen MR) is 96.0 cm³/mol. The standard InChI is InChI=1S/C19H40O4/c1-18(2,3)8-7-10-20-12-14-22-16-17-23-15-13-21-11-9-19(4,5)6/h7-17H2,1-6H3. The highest BCUT2D eigenvalue weighted by atomic mass is 16.6. The molecule has 0 atom stereocenters. The van der Waals surface area contributed by atoms with Crippen LogP contribution < -0.4 is 0 Å². The largest absolute Gasteiger partial charge is 0.379 e. The first-order chi connectivity index (χ1) is 10.7. The van der Waals surface area contributed by atoms with E-state index in [2.05, 4.69) is 41.5 Å². The van der Waals surface area contributed by atoms with Crippen LogP contribution in [0.5, 0.6) is 0 Å². The van der Waals surface area contributed by atoms with E-state index in [-0.39, 0.29) is 0 Å². The highest BCUT2D eigenvalue weighted by Gasteiger charge is 2.09. The van der Waals surface area contributed by atoms with Gasteiger partial charge in [0.25, 0.3) is 0 Å². The minimum Gasteiger partial charge on any atom is -0.379 e. The Morgan fingerprint density at radius 1 is 0.435 bits per heavy atom. The van der Waals surface area contributed by atoms with Crippen molar-refractivity contribution in [3.63, 3.8) is 0 Å². The molecule has 0 amide bonds. The number of ether oxygens (including phenoxy) is 4. The summed E-state index contributed by atoms with van der Waals surface area (Å²) >= 11 is 0. The third kappa shape index (κ3) is 21.8. The van der Waals surface area contributed by atoms with Crippen molar-refractivity contribution in [1.82, 2.24) is 0 Å². The van der Waals surface area contributed by atoms with Crippen molar-refractivity contribution in [2.24, 2.45) is 10.8 Å². The lowest BCUT2D eigenvalue weighted by Crippen LogP contribution is -2.14. The van der Waals surface area contributed by atoms with E-state index in [0.29, 0.717) is 50.5 Å². The van der Waals surface area contributed by atoms with E-state index in [4.69, 9.17) is 18.9 Å². The van der Waals surface area contributed by atoms with Gasteiger partial charge in [-0.05, 0) is 30.1 Å². The molecule has 0 saturated heterocycles. The second kappa shape index (κ2) is 13.2. The van der Waals surface area contributed by atoms with E-state index < -0.39 is 0 Å². The molecule has 0 heterocycles. The smallest absolute Gasteiger partial charge is 0.0701 e. The minimum atomic E-state index is 0.337. The van der Waals surface area contributed by atoms with Crippen molar-refractivity contribution in [3.8, 4) is 0 Å². The van der Waals surface area contributed by atoms with E-state index in [1.807, 2.05) is 0 Å². The van der Waals surface area contributed by atoms with Gasteiger partial charge < -0.3 is 18.9 Å². The molecule has 140 valence electrons. The molecule has 23 heavy (non-hydrogen) atoms. The zero-order valence-corrected chi connectivity index (χ0v) is 16.4. The van der Waals surface area contributed by atoms with Crippen LogP contribution in [0.25, 0.3) is 0 Å². The molecule has 0 spiro atoms. The van der Waals surface area contributed by atoms with Gasteiger partial charge in [-0.15, -0.1) is 0 Å². The van der Waals surface area contributed by atoms with Crippen LogP contribution in [-0.2, 0) is 18.9 Å². The molecule has 0 aliphatic rings. The highest BCUT2D eigenvalue weighted by molar-refractivity contribution is 4.60. The summed E-state index contributed by atoms with van der Waals surface area (Å²) in [7, 11) is 0. The molecule has 0 rings (SSSR count). The van der Waals surface area contributed by atoms with Gasteiger partial charge in [0.2, 0.25) is 0 Å². The second-order valence-electron chi connectivity index (χ2n) is 8.42. The van der Waals surface area contributed by atoms with Gasteiger partial charge in [-0.25, -0.2) is 0 Å². The van der Waals surface area contributed by atoms with Crippen molar-refractivity contribution in [1.29, 1.82) is 0 Å². The summed E-state index contributed by atoms with van der Waals surface area (Å²) in [6.45, 7) is 18.9. The van der Waals surface area contributed by atoms with Crippen molar-refractivity contribution in [2.45, 2.75) is 60.8 Å². The molecular weight excluding hydrogens is 292 g/mol. The first-order valence-electron chi connectivity index (χ1n) is 9.02. The van der Waals surface area contributed by atoms with Crippen molar-refractivity contribution >= 4 is 0 Å². The van der Waals surface area contributed by atoms with Crippen molar-refractivity contribution in [3.05, 3.63) is 0 Å². The van der Waals surface area contributed by atoms with E-state index in [1.165, 1.54) is 6.42 Å². The van der Waals surface area contributed by atoms with Crippen LogP contribution in [0, 0.1) is 10.8 Å². The number of hydrogen-bond donors (Lipinski definition) is 0. The molecule has 4 heteroatoms. The van der Waals surface area contributed by atoms with Gasteiger partial charge in [0, 0.05) is 13.2 Å². The highest BCUT2D eigenvalue weighted by Crippen LogP contribution is 2.20. The molecule has 0 radical (unpaired) electrons. The van der Waals surface area contributed by atoms with Gasteiger partial charge in [0.1, 0.15) is 0 Å². The molecule has 0 bridgehead atoms. The van der Waals surface area contributed by atoms with E-state index >= 15 is 0 Å². The quantitative estimate of drug-likeness (QED) is 0.444. The molecule has 0 aliphatic heterocycles. The van der Waals surface area contributed by atoms with Gasteiger partial charge in [0.15, 0.2) is 0 Å². The Bertz CT molecular complexity index is 227. The minimum absolute atomic E-state index is 0.337. The zero-order chi connectivity index (χ0) is 17.6. The van der Waals surface area contributed by atoms with Crippen LogP contribution in [0.4, 0.5) is 0 Å². The summed E-state index contributed by atoms with van der Waals surface area (Å²) in [5.74, 6) is 0. The summed E-state index contributed by atoms with van der Waals surface area (Å²) in [6, 6.07) is 0. The van der Waals surface area contributed by atoms with Crippen LogP contribution in [-0.4, -0.2) is 52.9 Å². The van der Waals surface area contributed by atoms with Gasteiger partial charge in [0.05, 0.1) is 39.6 Å². The molecule has 0 aliphatic carbocycles.